The van der Waals surface area contributed by atoms with Crippen LogP contribution in [0.2, 0.25) is 0 Å². The van der Waals surface area contributed by atoms with E-state index >= 15 is 0 Å². The molecule has 9 heteroatoms. The number of hydrogen-bond donors (Lipinski definition) is 1. The molecule has 0 saturated carbocycles. The number of carbonyl (C=O) groups is 2. The summed E-state index contributed by atoms with van der Waals surface area (Å²) >= 11 is 0. The molecule has 3 unspecified atom stereocenters. The molecular formula is C52H47N5O4. The number of carbonyl (C=O) groups excluding carboxylic acids is 2. The molecule has 2 fully saturated rings. The van der Waals surface area contributed by atoms with Crippen LogP contribution in [0.3, 0.4) is 0 Å². The van der Waals surface area contributed by atoms with Crippen molar-refractivity contribution in [3.8, 4) is 11.3 Å². The maximum absolute atomic E-state index is 13.2. The number of fused-ring (bicyclic) bond motifs is 8. The van der Waals surface area contributed by atoms with Gasteiger partial charge < -0.3 is 14.5 Å². The molecular weight excluding hydrogens is 759 g/mol. The smallest absolute Gasteiger partial charge is 0.410 e. The number of H-pyrrole nitrogens is 1. The van der Waals surface area contributed by atoms with Crippen molar-refractivity contribution in [2.24, 2.45) is 4.99 Å². The molecule has 2 aliphatic carbocycles. The molecule has 11 rings (SSSR count). The first-order chi connectivity index (χ1) is 30.1. The molecule has 3 aliphatic heterocycles. The zero-order valence-corrected chi connectivity index (χ0v) is 34.0. The van der Waals surface area contributed by atoms with Gasteiger partial charge in [-0.1, -0.05) is 121 Å². The molecule has 2 amide bonds. The standard InChI is InChI=1S/C52H47N5O4/c58-51(60-31-33-12-4-1-5-13-33)56-24-10-18-45(56)43-28-38(29-53-43)36-20-22-39-41(26-36)48-40-23-21-37(27-42(40)49(39)47(48)35-16-8-3-9-17-35)44-30-54-50(55-44)46-19-11-25-57(46)52(59)61-32-34-14-6-2-7-15-34/h1-9,12-17,20-23,26-27,29-30,45-49H,10-11,18-19,24-25,28,31-32H2,(H,54,55)/t45-,46-,47?,48?,49?/m0/s1. The quantitative estimate of drug-likeness (QED) is 0.157. The van der Waals surface area contributed by atoms with Gasteiger partial charge in [-0.25, -0.2) is 14.6 Å². The first-order valence-corrected chi connectivity index (χ1v) is 21.7. The van der Waals surface area contributed by atoms with Gasteiger partial charge in [0.15, 0.2) is 0 Å². The van der Waals surface area contributed by atoms with Crippen molar-refractivity contribution in [2.45, 2.75) is 75.2 Å². The van der Waals surface area contributed by atoms with Gasteiger partial charge in [0.05, 0.1) is 24.0 Å². The van der Waals surface area contributed by atoms with Gasteiger partial charge in [0.2, 0.25) is 0 Å². The molecule has 4 heterocycles. The third-order valence-electron chi connectivity index (χ3n) is 13.5. The third kappa shape index (κ3) is 6.82. The van der Waals surface area contributed by atoms with E-state index in [2.05, 4.69) is 71.7 Å². The molecule has 2 saturated heterocycles. The van der Waals surface area contributed by atoms with Gasteiger partial charge in [0.1, 0.15) is 19.0 Å². The molecule has 5 atom stereocenters. The topological polar surface area (TPSA) is 100 Å². The van der Waals surface area contributed by atoms with E-state index in [1.807, 2.05) is 82.9 Å². The van der Waals surface area contributed by atoms with Crippen LogP contribution in [0.5, 0.6) is 0 Å². The van der Waals surface area contributed by atoms with E-state index in [0.717, 1.165) is 66.0 Å². The minimum absolute atomic E-state index is 0.0458. The number of ether oxygens (including phenoxy) is 2. The van der Waals surface area contributed by atoms with Gasteiger partial charge >= 0.3 is 12.2 Å². The fourth-order valence-electron chi connectivity index (χ4n) is 10.7. The monoisotopic (exact) mass is 805 g/mol. The summed E-state index contributed by atoms with van der Waals surface area (Å²) in [5.41, 5.74) is 14.3. The van der Waals surface area contributed by atoms with Crippen LogP contribution >= 0.6 is 0 Å². The number of rotatable bonds is 9. The van der Waals surface area contributed by atoms with Crippen LogP contribution in [0.4, 0.5) is 9.59 Å². The number of nitrogens with one attached hydrogen (secondary N) is 1. The van der Waals surface area contributed by atoms with E-state index < -0.39 is 0 Å². The van der Waals surface area contributed by atoms with Gasteiger partial charge in [-0.05, 0) is 87.4 Å². The second-order valence-electron chi connectivity index (χ2n) is 17.0. The van der Waals surface area contributed by atoms with Gasteiger partial charge in [-0.3, -0.25) is 14.8 Å². The molecule has 5 aliphatic rings. The van der Waals surface area contributed by atoms with Crippen molar-refractivity contribution in [1.82, 2.24) is 19.8 Å². The lowest BCUT2D eigenvalue weighted by Crippen LogP contribution is -2.40. The first kappa shape index (κ1) is 37.3. The lowest BCUT2D eigenvalue weighted by molar-refractivity contribution is 0.0909. The van der Waals surface area contributed by atoms with Crippen LogP contribution in [-0.4, -0.2) is 56.8 Å². The van der Waals surface area contributed by atoms with Crippen molar-refractivity contribution in [3.63, 3.8) is 0 Å². The number of amides is 2. The van der Waals surface area contributed by atoms with Gasteiger partial charge in [0.25, 0.3) is 0 Å². The lowest BCUT2D eigenvalue weighted by Gasteiger charge is -2.24. The van der Waals surface area contributed by atoms with Crippen LogP contribution in [0.25, 0.3) is 16.8 Å². The molecule has 6 aromatic rings. The Morgan fingerprint density at radius 1 is 0.639 bits per heavy atom. The molecule has 1 N–H and O–H groups in total. The van der Waals surface area contributed by atoms with E-state index in [9.17, 15) is 9.59 Å². The number of nitrogens with zero attached hydrogens (tertiary/aromatic N) is 4. The molecule has 304 valence electrons. The van der Waals surface area contributed by atoms with Crippen molar-refractivity contribution in [2.75, 3.05) is 13.1 Å². The zero-order chi connectivity index (χ0) is 40.9. The zero-order valence-electron chi connectivity index (χ0n) is 34.0. The highest BCUT2D eigenvalue weighted by atomic mass is 16.6. The average molecular weight is 806 g/mol. The minimum atomic E-state index is -0.305. The second-order valence-corrected chi connectivity index (χ2v) is 17.0. The Balaban J connectivity index is 0.817. The van der Waals surface area contributed by atoms with Crippen molar-refractivity contribution >= 4 is 23.5 Å². The van der Waals surface area contributed by atoms with E-state index in [0.29, 0.717) is 19.0 Å². The Labute approximate surface area is 355 Å². The first-order valence-electron chi connectivity index (χ1n) is 21.7. The van der Waals surface area contributed by atoms with Gasteiger partial charge in [-0.2, -0.15) is 0 Å². The Bertz CT molecular complexity index is 2670. The summed E-state index contributed by atoms with van der Waals surface area (Å²) in [7, 11) is 0. The average Bonchev–Trinajstić information content (AvgIpc) is 4.18. The van der Waals surface area contributed by atoms with Crippen molar-refractivity contribution < 1.29 is 19.1 Å². The molecule has 61 heavy (non-hydrogen) atoms. The van der Waals surface area contributed by atoms with E-state index in [-0.39, 0.29) is 49.3 Å². The van der Waals surface area contributed by atoms with Crippen LogP contribution in [0, 0.1) is 0 Å². The largest absolute Gasteiger partial charge is 0.445 e. The number of likely N-dealkylation sites (tertiary alicyclic amines) is 2. The van der Waals surface area contributed by atoms with Crippen molar-refractivity contribution in [1.29, 1.82) is 0 Å². The minimum Gasteiger partial charge on any atom is -0.445 e. The molecule has 9 nitrogen and oxygen atoms in total. The normalized spacial score (nSPS) is 22.2. The van der Waals surface area contributed by atoms with Crippen LogP contribution in [0.15, 0.2) is 145 Å². The maximum atomic E-state index is 13.2. The third-order valence-corrected chi connectivity index (χ3v) is 13.5. The van der Waals surface area contributed by atoms with Gasteiger partial charge in [-0.15, -0.1) is 0 Å². The highest BCUT2D eigenvalue weighted by Gasteiger charge is 2.50. The summed E-state index contributed by atoms with van der Waals surface area (Å²) in [5, 5.41) is 0. The SMILES string of the molecule is O=C(OCc1ccccc1)N1CCC[C@H]1C1=NC=C(c2ccc3c(c2)C2c4ccc(-c5cnc([C@@H]6CCCN6C(=O)OCc6ccccc6)[nH]5)cc4C3C2c2ccccc2)C1. The Morgan fingerprint density at radius 3 is 1.84 bits per heavy atom. The van der Waals surface area contributed by atoms with Crippen molar-refractivity contribution in [3.05, 3.63) is 190 Å². The predicted octanol–water partition coefficient (Wildman–Crippen LogP) is 10.9. The summed E-state index contributed by atoms with van der Waals surface area (Å²) < 4.78 is 11.5. The van der Waals surface area contributed by atoms with Crippen LogP contribution < -0.4 is 0 Å². The number of aromatic nitrogens is 2. The highest BCUT2D eigenvalue weighted by molar-refractivity contribution is 6.03. The number of allylic oxidation sites excluding steroid dienone is 1. The second kappa shape index (κ2) is 15.7. The molecule has 0 radical (unpaired) electrons. The lowest BCUT2D eigenvalue weighted by atomic mass is 9.83. The van der Waals surface area contributed by atoms with E-state index in [1.165, 1.54) is 39.0 Å². The summed E-state index contributed by atoms with van der Waals surface area (Å²) in [6, 6.07) is 44.3. The molecule has 1 aromatic heterocycles. The number of benzene rings is 5. The molecule has 0 spiro atoms. The summed E-state index contributed by atoms with van der Waals surface area (Å²) in [6.45, 7) is 1.85. The Morgan fingerprint density at radius 2 is 1.20 bits per heavy atom. The van der Waals surface area contributed by atoms with E-state index in [1.54, 1.807) is 0 Å². The summed E-state index contributed by atoms with van der Waals surface area (Å²) in [5.74, 6) is 1.53. The Hall–Kier alpha value is -6.74. The predicted molar refractivity (Wildman–Crippen MR) is 235 cm³/mol. The fourth-order valence-corrected chi connectivity index (χ4v) is 10.7. The van der Waals surface area contributed by atoms with Gasteiger partial charge in [0, 0.05) is 49.2 Å². The number of aliphatic imine (C=N–C) groups is 1. The Kier molecular flexibility index (Phi) is 9.59. The van der Waals surface area contributed by atoms with Crippen LogP contribution in [-0.2, 0) is 22.7 Å². The number of hydrogen-bond acceptors (Lipinski definition) is 6. The number of imidazole rings is 1. The van der Waals surface area contributed by atoms with E-state index in [4.69, 9.17) is 19.5 Å². The summed E-state index contributed by atoms with van der Waals surface area (Å²) in [4.78, 5) is 43.5. The number of aromatic amines is 1. The molecule has 5 aromatic carbocycles. The highest BCUT2D eigenvalue weighted by Crippen LogP contribution is 2.64. The summed E-state index contributed by atoms with van der Waals surface area (Å²) in [6.07, 6.45) is 7.66. The maximum Gasteiger partial charge on any atom is 0.410 e. The van der Waals surface area contributed by atoms with Crippen LogP contribution in [0.1, 0.15) is 106 Å². The fraction of sp³-hybridized carbons (Fsp3) is 0.269. The molecule has 2 bridgehead atoms.